The number of carbonyl (C=O) groups excluding carboxylic acids is 1. The van der Waals surface area contributed by atoms with Gasteiger partial charge in [-0.25, -0.2) is 0 Å². The molecule has 4 nitrogen and oxygen atoms in total. The van der Waals surface area contributed by atoms with Crippen molar-refractivity contribution in [1.29, 1.82) is 0 Å². The lowest BCUT2D eigenvalue weighted by molar-refractivity contribution is -0.138. The first-order chi connectivity index (χ1) is 6.16. The van der Waals surface area contributed by atoms with E-state index in [9.17, 15) is 9.90 Å². The Balaban J connectivity index is 2.49. The predicted molar refractivity (Wildman–Crippen MR) is 43.3 cm³/mol. The molecule has 1 unspecified atom stereocenters. The summed E-state index contributed by atoms with van der Waals surface area (Å²) in [6.45, 7) is 0. The maximum atomic E-state index is 10.9. The third-order valence-corrected chi connectivity index (χ3v) is 1.94. The number of rotatable bonds is 0. The standard InChI is InChI=1S/C9H8O4/c10-5-1-2-6-7(11)4-9(12)13-8(6)3-5/h1-3,7,10-11H,4H2. The molecule has 0 bridgehead atoms. The maximum Gasteiger partial charge on any atom is 0.314 e. The van der Waals surface area contributed by atoms with E-state index in [1.165, 1.54) is 12.1 Å². The van der Waals surface area contributed by atoms with Crippen molar-refractivity contribution in [3.05, 3.63) is 23.8 Å². The number of phenols is 1. The molecular formula is C9H8O4. The zero-order valence-electron chi connectivity index (χ0n) is 6.73. The number of hydrogen-bond acceptors (Lipinski definition) is 4. The highest BCUT2D eigenvalue weighted by atomic mass is 16.5. The Bertz CT molecular complexity index is 359. The predicted octanol–water partition coefficient (Wildman–Crippen LogP) is 0.735. The minimum Gasteiger partial charge on any atom is -0.508 e. The van der Waals surface area contributed by atoms with Crippen molar-refractivity contribution in [1.82, 2.24) is 0 Å². The molecule has 1 heterocycles. The number of fused-ring (bicyclic) bond motifs is 1. The first kappa shape index (κ1) is 8.07. The molecule has 68 valence electrons. The van der Waals surface area contributed by atoms with Crippen LogP contribution in [0.4, 0.5) is 0 Å². The van der Waals surface area contributed by atoms with Gasteiger partial charge in [0.15, 0.2) is 0 Å². The molecule has 0 amide bonds. The summed E-state index contributed by atoms with van der Waals surface area (Å²) in [5.74, 6) is -0.227. The van der Waals surface area contributed by atoms with E-state index in [2.05, 4.69) is 0 Å². The van der Waals surface area contributed by atoms with Crippen molar-refractivity contribution in [2.24, 2.45) is 0 Å². The molecule has 2 rings (SSSR count). The van der Waals surface area contributed by atoms with Crippen LogP contribution in [0.5, 0.6) is 11.5 Å². The van der Waals surface area contributed by atoms with E-state index in [1.54, 1.807) is 6.07 Å². The number of carbonyl (C=O) groups is 1. The molecule has 13 heavy (non-hydrogen) atoms. The smallest absolute Gasteiger partial charge is 0.314 e. The SMILES string of the molecule is O=C1CC(O)c2ccc(O)cc2O1. The third kappa shape index (κ3) is 1.36. The second-order valence-corrected chi connectivity index (χ2v) is 2.92. The van der Waals surface area contributed by atoms with Crippen molar-refractivity contribution in [2.45, 2.75) is 12.5 Å². The van der Waals surface area contributed by atoms with Crippen molar-refractivity contribution < 1.29 is 19.7 Å². The van der Waals surface area contributed by atoms with Gasteiger partial charge >= 0.3 is 5.97 Å². The van der Waals surface area contributed by atoms with E-state index in [4.69, 9.17) is 9.84 Å². The van der Waals surface area contributed by atoms with Crippen LogP contribution in [-0.2, 0) is 4.79 Å². The number of aliphatic hydroxyl groups excluding tert-OH is 1. The van der Waals surface area contributed by atoms with Crippen LogP contribution in [0, 0.1) is 0 Å². The maximum absolute atomic E-state index is 10.9. The first-order valence-corrected chi connectivity index (χ1v) is 3.88. The Labute approximate surface area is 74.4 Å². The molecule has 2 N–H and O–H groups in total. The molecule has 1 aromatic rings. The number of esters is 1. The number of hydrogen-bond donors (Lipinski definition) is 2. The van der Waals surface area contributed by atoms with E-state index >= 15 is 0 Å². The van der Waals surface area contributed by atoms with Crippen LogP contribution in [0.1, 0.15) is 18.1 Å². The highest BCUT2D eigenvalue weighted by molar-refractivity contribution is 5.76. The zero-order chi connectivity index (χ0) is 9.42. The van der Waals surface area contributed by atoms with Gasteiger partial charge in [-0.3, -0.25) is 4.79 Å². The Morgan fingerprint density at radius 1 is 1.46 bits per heavy atom. The summed E-state index contributed by atoms with van der Waals surface area (Å²) in [6.07, 6.45) is -0.852. The average molecular weight is 180 g/mol. The Hall–Kier alpha value is -1.55. The summed E-state index contributed by atoms with van der Waals surface area (Å²) in [5.41, 5.74) is 0.539. The monoisotopic (exact) mass is 180 g/mol. The minimum atomic E-state index is -0.822. The van der Waals surface area contributed by atoms with E-state index in [-0.39, 0.29) is 17.9 Å². The van der Waals surface area contributed by atoms with Gasteiger partial charge < -0.3 is 14.9 Å². The molecule has 0 aromatic heterocycles. The summed E-state index contributed by atoms with van der Waals surface area (Å²) in [7, 11) is 0. The van der Waals surface area contributed by atoms with Gasteiger partial charge in [0.2, 0.25) is 0 Å². The largest absolute Gasteiger partial charge is 0.508 e. The van der Waals surface area contributed by atoms with Gasteiger partial charge in [0.1, 0.15) is 11.5 Å². The van der Waals surface area contributed by atoms with Crippen molar-refractivity contribution in [2.75, 3.05) is 0 Å². The number of aliphatic hydroxyl groups is 1. The Kier molecular flexibility index (Phi) is 1.70. The Morgan fingerprint density at radius 3 is 3.00 bits per heavy atom. The summed E-state index contributed by atoms with van der Waals surface area (Å²) in [6, 6.07) is 4.30. The minimum absolute atomic E-state index is 0.0145. The van der Waals surface area contributed by atoms with Gasteiger partial charge in [-0.2, -0.15) is 0 Å². The summed E-state index contributed by atoms with van der Waals surface area (Å²) >= 11 is 0. The normalized spacial score (nSPS) is 20.7. The van der Waals surface area contributed by atoms with E-state index in [0.717, 1.165) is 0 Å². The summed E-state index contributed by atoms with van der Waals surface area (Å²) in [4.78, 5) is 10.9. The fourth-order valence-corrected chi connectivity index (χ4v) is 1.32. The van der Waals surface area contributed by atoms with Crippen molar-refractivity contribution in [3.63, 3.8) is 0 Å². The van der Waals surface area contributed by atoms with Crippen LogP contribution in [0.2, 0.25) is 0 Å². The van der Waals surface area contributed by atoms with Gasteiger partial charge in [0, 0.05) is 11.6 Å². The highest BCUT2D eigenvalue weighted by Gasteiger charge is 2.25. The molecule has 0 fully saturated rings. The quantitative estimate of drug-likeness (QED) is 0.456. The van der Waals surface area contributed by atoms with Crippen LogP contribution >= 0.6 is 0 Å². The van der Waals surface area contributed by atoms with Crippen molar-refractivity contribution in [3.8, 4) is 11.5 Å². The molecular weight excluding hydrogens is 172 g/mol. The molecule has 0 saturated heterocycles. The van der Waals surface area contributed by atoms with Gasteiger partial charge in [0.25, 0.3) is 0 Å². The lowest BCUT2D eigenvalue weighted by Crippen LogP contribution is -2.19. The molecule has 1 aromatic carbocycles. The fourth-order valence-electron chi connectivity index (χ4n) is 1.32. The van der Waals surface area contributed by atoms with Gasteiger partial charge in [-0.1, -0.05) is 0 Å². The van der Waals surface area contributed by atoms with Gasteiger partial charge in [-0.15, -0.1) is 0 Å². The van der Waals surface area contributed by atoms with Crippen LogP contribution in [0.15, 0.2) is 18.2 Å². The van der Waals surface area contributed by atoms with Gasteiger partial charge in [0.05, 0.1) is 12.5 Å². The topological polar surface area (TPSA) is 66.8 Å². The molecule has 1 atom stereocenters. The molecule has 0 saturated carbocycles. The molecule has 0 spiro atoms. The molecule has 1 aliphatic rings. The lowest BCUT2D eigenvalue weighted by atomic mass is 10.0. The zero-order valence-corrected chi connectivity index (χ0v) is 6.73. The van der Waals surface area contributed by atoms with Gasteiger partial charge in [-0.05, 0) is 12.1 Å². The van der Waals surface area contributed by atoms with E-state index in [1.807, 2.05) is 0 Å². The van der Waals surface area contributed by atoms with Crippen LogP contribution in [0.25, 0.3) is 0 Å². The second-order valence-electron chi connectivity index (χ2n) is 2.92. The number of phenolic OH excluding ortho intramolecular Hbond substituents is 1. The average Bonchev–Trinajstić information content (AvgIpc) is 2.02. The highest BCUT2D eigenvalue weighted by Crippen LogP contribution is 2.34. The van der Waals surface area contributed by atoms with E-state index in [0.29, 0.717) is 5.56 Å². The van der Waals surface area contributed by atoms with E-state index < -0.39 is 12.1 Å². The molecule has 0 aliphatic carbocycles. The second kappa shape index (κ2) is 2.74. The lowest BCUT2D eigenvalue weighted by Gasteiger charge is -2.20. The fraction of sp³-hybridized carbons (Fsp3) is 0.222. The van der Waals surface area contributed by atoms with Crippen LogP contribution < -0.4 is 4.74 Å². The first-order valence-electron chi connectivity index (χ1n) is 3.88. The number of ether oxygens (including phenoxy) is 1. The summed E-state index contributed by atoms with van der Waals surface area (Å²) in [5, 5.41) is 18.5. The Morgan fingerprint density at radius 2 is 2.23 bits per heavy atom. The summed E-state index contributed by atoms with van der Waals surface area (Å²) < 4.78 is 4.82. The number of aromatic hydroxyl groups is 1. The van der Waals surface area contributed by atoms with Crippen LogP contribution in [-0.4, -0.2) is 16.2 Å². The molecule has 0 radical (unpaired) electrons. The van der Waals surface area contributed by atoms with Crippen LogP contribution in [0.3, 0.4) is 0 Å². The molecule has 4 heteroatoms. The molecule has 1 aliphatic heterocycles. The third-order valence-electron chi connectivity index (χ3n) is 1.94. The number of benzene rings is 1. The van der Waals surface area contributed by atoms with Crippen molar-refractivity contribution >= 4 is 5.97 Å².